The van der Waals surface area contributed by atoms with Crippen LogP contribution in [0.25, 0.3) is 10.9 Å². The molecule has 1 N–H and O–H groups in total. The van der Waals surface area contributed by atoms with Gasteiger partial charge in [0.15, 0.2) is 5.16 Å². The molecule has 1 heterocycles. The number of para-hydroxylation sites is 1. The van der Waals surface area contributed by atoms with Crippen molar-refractivity contribution in [3.8, 4) is 0 Å². The standard InChI is InChI=1S/C23H27N3O3S/c1-15-10-11-19(16(2)14-15)24-21(27)17(3)30-23-25-20-9-6-5-8-18(20)22(28)26(23)12-7-13-29-4/h5-6,8-11,14,17H,7,12-13H2,1-4H3,(H,24,27)/t17-/m1/s1. The summed E-state index contributed by atoms with van der Waals surface area (Å²) in [6.45, 7) is 6.85. The van der Waals surface area contributed by atoms with Crippen molar-refractivity contribution >= 4 is 34.3 Å². The number of carbonyl (C=O) groups excluding carboxylic acids is 1. The number of anilines is 1. The van der Waals surface area contributed by atoms with E-state index < -0.39 is 5.25 Å². The zero-order chi connectivity index (χ0) is 21.7. The van der Waals surface area contributed by atoms with E-state index >= 15 is 0 Å². The van der Waals surface area contributed by atoms with E-state index in [2.05, 4.69) is 10.3 Å². The van der Waals surface area contributed by atoms with E-state index in [-0.39, 0.29) is 11.5 Å². The number of benzene rings is 2. The predicted octanol–water partition coefficient (Wildman–Crippen LogP) is 4.17. The normalized spacial score (nSPS) is 12.1. The van der Waals surface area contributed by atoms with Crippen molar-refractivity contribution in [3.05, 3.63) is 63.9 Å². The van der Waals surface area contributed by atoms with Gasteiger partial charge in [0.1, 0.15) is 0 Å². The van der Waals surface area contributed by atoms with Gasteiger partial charge in [-0.3, -0.25) is 14.2 Å². The molecule has 1 aromatic heterocycles. The third kappa shape index (κ3) is 5.09. The van der Waals surface area contributed by atoms with Gasteiger partial charge in [-0.25, -0.2) is 4.98 Å². The molecule has 0 saturated heterocycles. The third-order valence-electron chi connectivity index (χ3n) is 4.85. The lowest BCUT2D eigenvalue weighted by atomic mass is 10.1. The molecule has 0 saturated carbocycles. The van der Waals surface area contributed by atoms with Crippen molar-refractivity contribution in [2.45, 2.75) is 44.1 Å². The second-order valence-electron chi connectivity index (χ2n) is 7.28. The average molecular weight is 426 g/mol. The summed E-state index contributed by atoms with van der Waals surface area (Å²) < 4.78 is 6.78. The Morgan fingerprint density at radius 1 is 1.23 bits per heavy atom. The fourth-order valence-electron chi connectivity index (χ4n) is 3.20. The highest BCUT2D eigenvalue weighted by Crippen LogP contribution is 2.25. The first-order valence-electron chi connectivity index (χ1n) is 9.94. The van der Waals surface area contributed by atoms with Gasteiger partial charge >= 0.3 is 0 Å². The SMILES string of the molecule is COCCCn1c(S[C@H](C)C(=O)Nc2ccc(C)cc2C)nc2ccccc2c1=O. The fourth-order valence-corrected chi connectivity index (χ4v) is 4.14. The lowest BCUT2D eigenvalue weighted by Crippen LogP contribution is -2.27. The highest BCUT2D eigenvalue weighted by atomic mass is 32.2. The maximum absolute atomic E-state index is 13.0. The van der Waals surface area contributed by atoms with Crippen LogP contribution in [0.15, 0.2) is 52.4 Å². The maximum Gasteiger partial charge on any atom is 0.262 e. The highest BCUT2D eigenvalue weighted by Gasteiger charge is 2.20. The van der Waals surface area contributed by atoms with Crippen LogP contribution < -0.4 is 10.9 Å². The number of nitrogens with one attached hydrogen (secondary N) is 1. The summed E-state index contributed by atoms with van der Waals surface area (Å²) in [4.78, 5) is 30.5. The Labute approximate surface area is 180 Å². The van der Waals surface area contributed by atoms with Crippen LogP contribution in [0.2, 0.25) is 0 Å². The van der Waals surface area contributed by atoms with Crippen LogP contribution in [0.4, 0.5) is 5.69 Å². The van der Waals surface area contributed by atoms with Crippen LogP contribution in [0.1, 0.15) is 24.5 Å². The summed E-state index contributed by atoms with van der Waals surface area (Å²) in [6.07, 6.45) is 0.688. The number of hydrogen-bond acceptors (Lipinski definition) is 5. The first-order valence-corrected chi connectivity index (χ1v) is 10.8. The zero-order valence-corrected chi connectivity index (χ0v) is 18.6. The number of nitrogens with zero attached hydrogens (tertiary/aromatic N) is 2. The minimum absolute atomic E-state index is 0.0961. The van der Waals surface area contributed by atoms with E-state index in [0.717, 1.165) is 16.8 Å². The lowest BCUT2D eigenvalue weighted by Gasteiger charge is -2.17. The summed E-state index contributed by atoms with van der Waals surface area (Å²) >= 11 is 1.29. The largest absolute Gasteiger partial charge is 0.385 e. The number of amides is 1. The van der Waals surface area contributed by atoms with Crippen molar-refractivity contribution in [3.63, 3.8) is 0 Å². The summed E-state index contributed by atoms with van der Waals surface area (Å²) in [5.74, 6) is -0.127. The molecule has 0 radical (unpaired) electrons. The van der Waals surface area contributed by atoms with Gasteiger partial charge in [0, 0.05) is 25.9 Å². The van der Waals surface area contributed by atoms with E-state index in [1.54, 1.807) is 17.7 Å². The Bertz CT molecular complexity index is 1110. The molecule has 1 amide bonds. The first kappa shape index (κ1) is 22.1. The molecule has 0 aliphatic carbocycles. The van der Waals surface area contributed by atoms with Gasteiger partial charge in [-0.15, -0.1) is 0 Å². The van der Waals surface area contributed by atoms with Gasteiger partial charge < -0.3 is 10.1 Å². The van der Waals surface area contributed by atoms with Gasteiger partial charge in [-0.05, 0) is 51.0 Å². The Balaban J connectivity index is 1.86. The number of aromatic nitrogens is 2. The molecule has 158 valence electrons. The van der Waals surface area contributed by atoms with Crippen LogP contribution in [0, 0.1) is 13.8 Å². The maximum atomic E-state index is 13.0. The van der Waals surface area contributed by atoms with E-state index in [9.17, 15) is 9.59 Å². The zero-order valence-electron chi connectivity index (χ0n) is 17.8. The quantitative estimate of drug-likeness (QED) is 0.333. The molecule has 0 aliphatic rings. The van der Waals surface area contributed by atoms with Gasteiger partial charge in [0.05, 0.1) is 16.2 Å². The molecule has 1 atom stereocenters. The third-order valence-corrected chi connectivity index (χ3v) is 5.94. The minimum atomic E-state index is -0.424. The van der Waals surface area contributed by atoms with Gasteiger partial charge in [0.25, 0.3) is 5.56 Å². The molecule has 3 aromatic rings. The van der Waals surface area contributed by atoms with Crippen molar-refractivity contribution in [2.24, 2.45) is 0 Å². The Kier molecular flexibility index (Phi) is 7.29. The van der Waals surface area contributed by atoms with Crippen molar-refractivity contribution in [1.82, 2.24) is 9.55 Å². The van der Waals surface area contributed by atoms with Crippen LogP contribution >= 0.6 is 11.8 Å². The van der Waals surface area contributed by atoms with E-state index in [1.165, 1.54) is 11.8 Å². The molecule has 30 heavy (non-hydrogen) atoms. The second kappa shape index (κ2) is 9.91. The van der Waals surface area contributed by atoms with Gasteiger partial charge in [-0.1, -0.05) is 41.6 Å². The molecule has 0 spiro atoms. The molecule has 0 unspecified atom stereocenters. The Hall–Kier alpha value is -2.64. The van der Waals surface area contributed by atoms with Crippen LogP contribution in [0.5, 0.6) is 0 Å². The first-order chi connectivity index (χ1) is 14.4. The van der Waals surface area contributed by atoms with E-state index in [4.69, 9.17) is 4.74 Å². The number of methoxy groups -OCH3 is 1. The van der Waals surface area contributed by atoms with E-state index in [0.29, 0.717) is 35.6 Å². The molecule has 6 nitrogen and oxygen atoms in total. The molecular weight excluding hydrogens is 398 g/mol. The fraction of sp³-hybridized carbons (Fsp3) is 0.348. The molecule has 0 bridgehead atoms. The summed E-state index contributed by atoms with van der Waals surface area (Å²) in [6, 6.07) is 13.2. The monoisotopic (exact) mass is 425 g/mol. The van der Waals surface area contributed by atoms with Crippen LogP contribution in [0.3, 0.4) is 0 Å². The summed E-state index contributed by atoms with van der Waals surface area (Å²) in [7, 11) is 1.64. The molecule has 2 aromatic carbocycles. The predicted molar refractivity (Wildman–Crippen MR) is 122 cm³/mol. The minimum Gasteiger partial charge on any atom is -0.385 e. The summed E-state index contributed by atoms with van der Waals surface area (Å²) in [5, 5.41) is 3.68. The molecule has 0 aliphatic heterocycles. The molecule has 3 rings (SSSR count). The number of fused-ring (bicyclic) bond motifs is 1. The van der Waals surface area contributed by atoms with Crippen molar-refractivity contribution < 1.29 is 9.53 Å². The Morgan fingerprint density at radius 2 is 2.00 bits per heavy atom. The van der Waals surface area contributed by atoms with Crippen LogP contribution in [-0.2, 0) is 16.1 Å². The average Bonchev–Trinajstić information content (AvgIpc) is 2.72. The van der Waals surface area contributed by atoms with Crippen molar-refractivity contribution in [2.75, 3.05) is 19.0 Å². The number of rotatable bonds is 8. The highest BCUT2D eigenvalue weighted by molar-refractivity contribution is 8.00. The Morgan fingerprint density at radius 3 is 2.73 bits per heavy atom. The second-order valence-corrected chi connectivity index (χ2v) is 8.59. The number of hydrogen-bond donors (Lipinski definition) is 1. The van der Waals surface area contributed by atoms with Gasteiger partial charge in [-0.2, -0.15) is 0 Å². The molecule has 0 fully saturated rings. The van der Waals surface area contributed by atoms with Crippen LogP contribution in [-0.4, -0.2) is 34.4 Å². The number of thioether (sulfide) groups is 1. The number of ether oxygens (including phenoxy) is 1. The van der Waals surface area contributed by atoms with Gasteiger partial charge in [0.2, 0.25) is 5.91 Å². The molecule has 7 heteroatoms. The topological polar surface area (TPSA) is 73.2 Å². The molecular formula is C23H27N3O3S. The smallest absolute Gasteiger partial charge is 0.262 e. The number of carbonyl (C=O) groups is 1. The summed E-state index contributed by atoms with van der Waals surface area (Å²) in [5.41, 5.74) is 3.49. The number of aryl methyl sites for hydroxylation is 2. The lowest BCUT2D eigenvalue weighted by molar-refractivity contribution is -0.115. The van der Waals surface area contributed by atoms with Crippen molar-refractivity contribution in [1.29, 1.82) is 0 Å². The van der Waals surface area contributed by atoms with E-state index in [1.807, 2.05) is 57.2 Å².